The van der Waals surface area contributed by atoms with Gasteiger partial charge in [0.15, 0.2) is 5.78 Å². The first-order chi connectivity index (χ1) is 25.9. The third-order valence-corrected chi connectivity index (χ3v) is 8.40. The van der Waals surface area contributed by atoms with E-state index in [1.165, 1.54) is 18.4 Å². The second-order valence-electron chi connectivity index (χ2n) is 13.7. The number of carbonyl (C=O) groups is 6. The topological polar surface area (TPSA) is 216 Å². The highest BCUT2D eigenvalue weighted by Crippen LogP contribution is 2.17. The summed E-state index contributed by atoms with van der Waals surface area (Å²) in [5.41, 5.74) is 1.21. The molecule has 0 aromatic carbocycles. The number of unbranched alkanes of at least 4 members (excludes halogenated alkanes) is 9. The van der Waals surface area contributed by atoms with Crippen LogP contribution in [0, 0.1) is 5.92 Å². The van der Waals surface area contributed by atoms with Crippen molar-refractivity contribution >= 4 is 35.4 Å². The number of ether oxygens (including phenoxy) is 4. The van der Waals surface area contributed by atoms with Crippen molar-refractivity contribution in [2.75, 3.05) is 65.9 Å². The summed E-state index contributed by atoms with van der Waals surface area (Å²) in [7, 11) is 0. The van der Waals surface area contributed by atoms with Gasteiger partial charge in [-0.3, -0.25) is 24.0 Å². The number of Topliss-reactive ketones (excluding diaryl/α,β-unsaturated/α-hetero) is 1. The number of aliphatic carboxylic acids is 2. The number of hydrogen-bond donors (Lipinski definition) is 5. The lowest BCUT2D eigenvalue weighted by atomic mass is 10.0. The highest BCUT2D eigenvalue weighted by atomic mass is 16.5. The number of carboxylic acids is 2. The van der Waals surface area contributed by atoms with Crippen LogP contribution in [0.15, 0.2) is 12.2 Å². The molecular formula is C39H69N3O12. The summed E-state index contributed by atoms with van der Waals surface area (Å²) in [5.74, 6) is -2.93. The van der Waals surface area contributed by atoms with Crippen LogP contribution < -0.4 is 16.0 Å². The van der Waals surface area contributed by atoms with Crippen LogP contribution >= 0.6 is 0 Å². The Labute approximate surface area is 322 Å². The first-order valence-electron chi connectivity index (χ1n) is 19.7. The molecule has 0 saturated heterocycles. The van der Waals surface area contributed by atoms with Gasteiger partial charge in [0.05, 0.1) is 39.6 Å². The Hall–Kier alpha value is -3.40. The number of rotatable bonds is 39. The second-order valence-corrected chi connectivity index (χ2v) is 13.7. The van der Waals surface area contributed by atoms with Crippen LogP contribution in [0.4, 0.5) is 0 Å². The lowest BCUT2D eigenvalue weighted by Gasteiger charge is -2.14. The van der Waals surface area contributed by atoms with Gasteiger partial charge in [-0.1, -0.05) is 70.9 Å². The van der Waals surface area contributed by atoms with Gasteiger partial charge in [-0.05, 0) is 44.9 Å². The van der Waals surface area contributed by atoms with Gasteiger partial charge in [0.2, 0.25) is 17.7 Å². The van der Waals surface area contributed by atoms with Crippen molar-refractivity contribution in [1.29, 1.82) is 0 Å². The molecule has 0 radical (unpaired) electrons. The first kappa shape index (κ1) is 50.6. The number of carbonyl (C=O) groups excluding carboxylic acids is 4. The van der Waals surface area contributed by atoms with Crippen molar-refractivity contribution in [3.63, 3.8) is 0 Å². The number of ketones is 1. The molecule has 0 unspecified atom stereocenters. The Morgan fingerprint density at radius 3 is 1.54 bits per heavy atom. The maximum absolute atomic E-state index is 12.3. The van der Waals surface area contributed by atoms with Crippen molar-refractivity contribution in [1.82, 2.24) is 16.0 Å². The molecule has 312 valence electrons. The van der Waals surface area contributed by atoms with E-state index < -0.39 is 18.0 Å². The fourth-order valence-electron chi connectivity index (χ4n) is 5.08. The van der Waals surface area contributed by atoms with Gasteiger partial charge >= 0.3 is 11.9 Å². The quantitative estimate of drug-likeness (QED) is 0.0436. The Kier molecular flexibility index (Phi) is 33.1. The maximum atomic E-state index is 12.3. The molecule has 0 aromatic heterocycles. The van der Waals surface area contributed by atoms with E-state index in [1.807, 2.05) is 13.8 Å². The highest BCUT2D eigenvalue weighted by Gasteiger charge is 2.20. The Balaban J connectivity index is 3.74. The zero-order valence-corrected chi connectivity index (χ0v) is 32.9. The average molecular weight is 772 g/mol. The molecule has 5 N–H and O–H groups in total. The first-order valence-corrected chi connectivity index (χ1v) is 19.7. The largest absolute Gasteiger partial charge is 0.481 e. The van der Waals surface area contributed by atoms with E-state index in [0.717, 1.165) is 64.2 Å². The molecule has 0 spiro atoms. The second kappa shape index (κ2) is 35.3. The van der Waals surface area contributed by atoms with Crippen LogP contribution in [0.1, 0.15) is 123 Å². The molecule has 0 aliphatic rings. The number of amides is 3. The molecule has 0 rings (SSSR count). The fraction of sp³-hybridized carbons (Fsp3) is 0.795. The Morgan fingerprint density at radius 1 is 0.537 bits per heavy atom. The van der Waals surface area contributed by atoms with Gasteiger partial charge in [0.1, 0.15) is 19.3 Å². The number of allylic oxidation sites excluding steroid dienone is 1. The third-order valence-electron chi connectivity index (χ3n) is 8.40. The predicted molar refractivity (Wildman–Crippen MR) is 204 cm³/mol. The van der Waals surface area contributed by atoms with Crippen LogP contribution in [-0.4, -0.2) is 118 Å². The van der Waals surface area contributed by atoms with Gasteiger partial charge in [0.25, 0.3) is 0 Å². The molecule has 0 aromatic rings. The van der Waals surface area contributed by atoms with Crippen LogP contribution in [-0.2, 0) is 47.7 Å². The summed E-state index contributed by atoms with van der Waals surface area (Å²) in [4.78, 5) is 69.9. The predicted octanol–water partition coefficient (Wildman–Crippen LogP) is 4.35. The van der Waals surface area contributed by atoms with E-state index in [2.05, 4.69) is 22.5 Å². The van der Waals surface area contributed by atoms with E-state index in [-0.39, 0.29) is 94.7 Å². The van der Waals surface area contributed by atoms with Gasteiger partial charge in [-0.2, -0.15) is 0 Å². The van der Waals surface area contributed by atoms with Crippen molar-refractivity contribution in [2.24, 2.45) is 5.92 Å². The van der Waals surface area contributed by atoms with Crippen LogP contribution in [0.3, 0.4) is 0 Å². The molecule has 0 heterocycles. The monoisotopic (exact) mass is 771 g/mol. The van der Waals surface area contributed by atoms with E-state index >= 15 is 0 Å². The summed E-state index contributed by atoms with van der Waals surface area (Å²) in [6.45, 7) is 9.79. The molecule has 0 bridgehead atoms. The molecule has 15 nitrogen and oxygen atoms in total. The molecule has 15 heteroatoms. The van der Waals surface area contributed by atoms with E-state index in [1.54, 1.807) is 0 Å². The number of nitrogens with one attached hydrogen (secondary N) is 3. The normalized spacial score (nSPS) is 11.6. The van der Waals surface area contributed by atoms with Gasteiger partial charge in [-0.25, -0.2) is 4.79 Å². The van der Waals surface area contributed by atoms with Gasteiger partial charge in [0, 0.05) is 38.3 Å². The molecule has 0 fully saturated rings. The van der Waals surface area contributed by atoms with Crippen molar-refractivity contribution < 1.29 is 57.9 Å². The summed E-state index contributed by atoms with van der Waals surface area (Å²) in [6.07, 6.45) is 13.4. The lowest BCUT2D eigenvalue weighted by molar-refractivity contribution is -0.142. The molecule has 1 atom stereocenters. The number of hydrogen-bond acceptors (Lipinski definition) is 10. The molecule has 0 aliphatic carbocycles. The zero-order chi connectivity index (χ0) is 40.2. The van der Waals surface area contributed by atoms with Gasteiger partial charge in [-0.15, -0.1) is 0 Å². The summed E-state index contributed by atoms with van der Waals surface area (Å²) >= 11 is 0. The van der Waals surface area contributed by atoms with E-state index in [4.69, 9.17) is 24.1 Å². The molecule has 0 saturated carbocycles. The molecule has 0 aliphatic heterocycles. The van der Waals surface area contributed by atoms with Gasteiger partial charge < -0.3 is 45.1 Å². The lowest BCUT2D eigenvalue weighted by Crippen LogP contribution is -2.41. The smallest absolute Gasteiger partial charge is 0.326 e. The molecular weight excluding hydrogens is 702 g/mol. The number of carboxylic acid groups (broad SMARTS) is 2. The summed E-state index contributed by atoms with van der Waals surface area (Å²) < 4.78 is 21.2. The maximum Gasteiger partial charge on any atom is 0.326 e. The fourth-order valence-corrected chi connectivity index (χ4v) is 5.08. The van der Waals surface area contributed by atoms with E-state index in [0.29, 0.717) is 32.8 Å². The minimum Gasteiger partial charge on any atom is -0.481 e. The third kappa shape index (κ3) is 34.4. The van der Waals surface area contributed by atoms with Crippen molar-refractivity contribution in [3.05, 3.63) is 12.2 Å². The minimum atomic E-state index is -1.19. The Morgan fingerprint density at radius 2 is 1.00 bits per heavy atom. The molecule has 54 heavy (non-hydrogen) atoms. The summed E-state index contributed by atoms with van der Waals surface area (Å²) in [5, 5.41) is 26.0. The standard InChI is InChI=1S/C39H69N3O12/c1-31(2)34(43)29-53-27-25-52-24-22-41-37(46)30-54-28-26-51-23-21-40-35(44)20-19-33(39(49)50)42-36(45)17-13-10-12-16-32(3)15-11-8-6-4-5-7-9-14-18-38(47)48/h31,33H,3-30H2,1-2H3,(H,40,44)(H,41,46)(H,42,45)(H,47,48)(H,49,50)/t33-/m0/s1. The van der Waals surface area contributed by atoms with Crippen LogP contribution in [0.5, 0.6) is 0 Å². The minimum absolute atomic E-state index is 0.0303. The van der Waals surface area contributed by atoms with Crippen LogP contribution in [0.2, 0.25) is 0 Å². The van der Waals surface area contributed by atoms with Crippen molar-refractivity contribution in [2.45, 2.75) is 129 Å². The zero-order valence-electron chi connectivity index (χ0n) is 32.9. The SMILES string of the molecule is C=C(CCCCCCCCCCC(=O)O)CCCCCC(=O)N[C@@H](CCC(=O)NCCOCCOCC(=O)NCCOCCOCC(=O)C(C)C)C(=O)O. The summed E-state index contributed by atoms with van der Waals surface area (Å²) in [6, 6.07) is -1.15. The molecule has 3 amide bonds. The van der Waals surface area contributed by atoms with Crippen molar-refractivity contribution in [3.8, 4) is 0 Å². The van der Waals surface area contributed by atoms with E-state index in [9.17, 15) is 33.9 Å². The average Bonchev–Trinajstić information content (AvgIpc) is 3.12. The Bertz CT molecular complexity index is 1070. The van der Waals surface area contributed by atoms with Crippen LogP contribution in [0.25, 0.3) is 0 Å². The highest BCUT2D eigenvalue weighted by molar-refractivity contribution is 5.84.